The predicted molar refractivity (Wildman–Crippen MR) is 124 cm³/mol. The van der Waals surface area contributed by atoms with Crippen molar-refractivity contribution in [1.29, 1.82) is 0 Å². The van der Waals surface area contributed by atoms with Crippen molar-refractivity contribution in [3.05, 3.63) is 41.5 Å². The highest BCUT2D eigenvalue weighted by Crippen LogP contribution is 2.35. The van der Waals surface area contributed by atoms with E-state index in [1.54, 1.807) is 35.8 Å². The number of piperazine rings is 1. The molecule has 0 radical (unpaired) electrons. The number of aryl methyl sites for hydroxylation is 2. The Labute approximate surface area is 186 Å². The molecule has 2 amide bonds. The molecule has 4 heterocycles. The molecule has 0 unspecified atom stereocenters. The quantitative estimate of drug-likeness (QED) is 0.644. The Hall–Kier alpha value is -3.20. The van der Waals surface area contributed by atoms with E-state index in [0.29, 0.717) is 35.5 Å². The Kier molecular flexibility index (Phi) is 5.00. The second-order valence-electron chi connectivity index (χ2n) is 8.94. The molecule has 0 aliphatic carbocycles. The molecule has 1 saturated heterocycles. The molecule has 1 aromatic carbocycles. The largest absolute Gasteiger partial charge is 0.368 e. The molecule has 2 aliphatic rings. The number of amides is 2. The van der Waals surface area contributed by atoms with E-state index >= 15 is 0 Å². The van der Waals surface area contributed by atoms with Gasteiger partial charge in [0, 0.05) is 73.4 Å². The minimum Gasteiger partial charge on any atom is -0.368 e. The number of carbonyl (C=O) groups is 1. The van der Waals surface area contributed by atoms with Crippen LogP contribution in [0.2, 0.25) is 0 Å². The van der Waals surface area contributed by atoms with Gasteiger partial charge in [0.25, 0.3) is 0 Å². The normalized spacial score (nSPS) is 20.7. The number of hydrogen-bond acceptors (Lipinski definition) is 5. The average Bonchev–Trinajstić information content (AvgIpc) is 3.34. The summed E-state index contributed by atoms with van der Waals surface area (Å²) in [5.74, 6) is 0.188. The molecular weight excluding hydrogens is 409 g/mol. The number of aromatic nitrogens is 3. The second-order valence-corrected chi connectivity index (χ2v) is 8.94. The molecule has 2 aliphatic heterocycles. The summed E-state index contributed by atoms with van der Waals surface area (Å²) in [5.41, 5.74) is 3.37. The van der Waals surface area contributed by atoms with Gasteiger partial charge in [0.1, 0.15) is 5.82 Å². The summed E-state index contributed by atoms with van der Waals surface area (Å²) in [6.45, 7) is 8.36. The molecular formula is C23H28FN7O. The van der Waals surface area contributed by atoms with Crippen molar-refractivity contribution in [2.45, 2.75) is 39.3 Å². The fourth-order valence-corrected chi connectivity index (χ4v) is 4.99. The van der Waals surface area contributed by atoms with Crippen LogP contribution in [0.4, 0.5) is 26.4 Å². The van der Waals surface area contributed by atoms with Crippen molar-refractivity contribution < 1.29 is 9.18 Å². The van der Waals surface area contributed by atoms with Gasteiger partial charge >= 0.3 is 6.03 Å². The number of urea groups is 1. The molecule has 2 atom stereocenters. The van der Waals surface area contributed by atoms with Crippen LogP contribution >= 0.6 is 0 Å². The van der Waals surface area contributed by atoms with Crippen LogP contribution in [0.1, 0.15) is 25.0 Å². The monoisotopic (exact) mass is 437 g/mol. The van der Waals surface area contributed by atoms with Crippen molar-refractivity contribution in [2.75, 3.05) is 34.8 Å². The lowest BCUT2D eigenvalue weighted by Crippen LogP contribution is -2.54. The highest BCUT2D eigenvalue weighted by molar-refractivity contribution is 6.04. The third-order valence-electron chi connectivity index (χ3n) is 6.31. The number of anilines is 3. The van der Waals surface area contributed by atoms with Crippen molar-refractivity contribution in [3.8, 4) is 0 Å². The number of fused-ring (bicyclic) bond motifs is 2. The van der Waals surface area contributed by atoms with Gasteiger partial charge in [-0.2, -0.15) is 5.10 Å². The average molecular weight is 438 g/mol. The first kappa shape index (κ1) is 20.7. The zero-order valence-corrected chi connectivity index (χ0v) is 18.8. The number of rotatable bonds is 2. The smallest absolute Gasteiger partial charge is 0.327 e. The van der Waals surface area contributed by atoms with Gasteiger partial charge in [0.2, 0.25) is 0 Å². The topological polar surface area (TPSA) is 78.3 Å². The summed E-state index contributed by atoms with van der Waals surface area (Å²) in [5, 5.41) is 11.4. The fourth-order valence-electron chi connectivity index (χ4n) is 4.99. The van der Waals surface area contributed by atoms with Crippen molar-refractivity contribution in [3.63, 3.8) is 0 Å². The lowest BCUT2D eigenvalue weighted by molar-refractivity contribution is 0.257. The molecule has 9 heteroatoms. The van der Waals surface area contributed by atoms with E-state index in [2.05, 4.69) is 39.5 Å². The number of nitrogens with zero attached hydrogens (tertiary/aromatic N) is 5. The standard InChI is InChI=1S/C23H28FN7O/c1-13-10-30(11-14(2)26-13)19-5-7-25-22-17(19)6-8-31(22)23(32)27-18-9-16-12-29(4)28-21(16)15(3)20(18)24/h5,7,9,12-14,26H,6,8,10-11H2,1-4H3,(H,27,32)/t13-,14+. The molecule has 0 bridgehead atoms. The molecule has 168 valence electrons. The number of nitrogens with one attached hydrogen (secondary N) is 2. The highest BCUT2D eigenvalue weighted by Gasteiger charge is 2.32. The zero-order valence-electron chi connectivity index (χ0n) is 18.8. The molecule has 1 fully saturated rings. The molecule has 5 rings (SSSR count). The number of benzene rings is 1. The zero-order chi connectivity index (χ0) is 22.6. The molecule has 2 N–H and O–H groups in total. The summed E-state index contributed by atoms with van der Waals surface area (Å²) in [6.07, 6.45) is 4.29. The molecule has 0 spiro atoms. The van der Waals surface area contributed by atoms with Crippen LogP contribution in [0, 0.1) is 12.7 Å². The Morgan fingerprint density at radius 2 is 2.03 bits per heavy atom. The van der Waals surface area contributed by atoms with Gasteiger partial charge in [0.15, 0.2) is 5.82 Å². The van der Waals surface area contributed by atoms with Crippen LogP contribution in [0.3, 0.4) is 0 Å². The number of carbonyl (C=O) groups excluding carboxylic acids is 1. The van der Waals surface area contributed by atoms with Gasteiger partial charge < -0.3 is 15.5 Å². The maximum absolute atomic E-state index is 15.0. The number of hydrogen-bond donors (Lipinski definition) is 2. The van der Waals surface area contributed by atoms with Crippen LogP contribution in [0.15, 0.2) is 24.5 Å². The van der Waals surface area contributed by atoms with Crippen LogP contribution in [0.5, 0.6) is 0 Å². The van der Waals surface area contributed by atoms with E-state index in [4.69, 9.17) is 0 Å². The fraction of sp³-hybridized carbons (Fsp3) is 0.435. The highest BCUT2D eigenvalue weighted by atomic mass is 19.1. The SMILES string of the molecule is Cc1c(F)c(NC(=O)N2CCc3c(N4C[C@@H](C)N[C@@H](C)C4)ccnc32)cc2cn(C)nc12. The summed E-state index contributed by atoms with van der Waals surface area (Å²) in [7, 11) is 1.79. The van der Waals surface area contributed by atoms with Gasteiger partial charge in [-0.3, -0.25) is 9.58 Å². The lowest BCUT2D eigenvalue weighted by Gasteiger charge is -2.38. The van der Waals surface area contributed by atoms with Gasteiger partial charge in [-0.1, -0.05) is 0 Å². The molecule has 2 aromatic heterocycles. The summed E-state index contributed by atoms with van der Waals surface area (Å²) < 4.78 is 16.6. The third kappa shape index (κ3) is 3.46. The second kappa shape index (κ2) is 7.74. The Morgan fingerprint density at radius 3 is 2.78 bits per heavy atom. The van der Waals surface area contributed by atoms with Crippen molar-refractivity contribution in [1.82, 2.24) is 20.1 Å². The number of pyridine rings is 1. The summed E-state index contributed by atoms with van der Waals surface area (Å²) in [4.78, 5) is 21.6. The Balaban J connectivity index is 1.42. The van der Waals surface area contributed by atoms with E-state index in [-0.39, 0.29) is 11.7 Å². The van der Waals surface area contributed by atoms with E-state index in [0.717, 1.165) is 36.1 Å². The third-order valence-corrected chi connectivity index (χ3v) is 6.31. The molecule has 0 saturated carbocycles. The lowest BCUT2D eigenvalue weighted by atomic mass is 10.1. The van der Waals surface area contributed by atoms with Gasteiger partial charge in [-0.25, -0.2) is 14.2 Å². The minimum absolute atomic E-state index is 0.155. The van der Waals surface area contributed by atoms with Crippen LogP contribution < -0.4 is 20.4 Å². The van der Waals surface area contributed by atoms with Crippen LogP contribution in [-0.4, -0.2) is 52.5 Å². The van der Waals surface area contributed by atoms with Gasteiger partial charge in [0.05, 0.1) is 11.2 Å². The van der Waals surface area contributed by atoms with Crippen molar-refractivity contribution >= 4 is 34.1 Å². The minimum atomic E-state index is -0.463. The number of halogens is 1. The maximum Gasteiger partial charge on any atom is 0.327 e. The first-order chi connectivity index (χ1) is 15.3. The maximum atomic E-state index is 15.0. The predicted octanol–water partition coefficient (Wildman–Crippen LogP) is 3.20. The van der Waals surface area contributed by atoms with Crippen LogP contribution in [-0.2, 0) is 13.5 Å². The van der Waals surface area contributed by atoms with E-state index in [1.165, 1.54) is 0 Å². The molecule has 3 aromatic rings. The summed E-state index contributed by atoms with van der Waals surface area (Å²) >= 11 is 0. The van der Waals surface area contributed by atoms with E-state index < -0.39 is 5.82 Å². The first-order valence-corrected chi connectivity index (χ1v) is 11.0. The molecule has 8 nitrogen and oxygen atoms in total. The first-order valence-electron chi connectivity index (χ1n) is 11.0. The van der Waals surface area contributed by atoms with E-state index in [1.807, 2.05) is 12.3 Å². The summed E-state index contributed by atoms with van der Waals surface area (Å²) in [6, 6.07) is 4.06. The van der Waals surface area contributed by atoms with Crippen molar-refractivity contribution in [2.24, 2.45) is 7.05 Å². The van der Waals surface area contributed by atoms with Crippen LogP contribution in [0.25, 0.3) is 10.9 Å². The van der Waals surface area contributed by atoms with Gasteiger partial charge in [-0.05, 0) is 39.3 Å². The Morgan fingerprint density at radius 1 is 1.28 bits per heavy atom. The van der Waals surface area contributed by atoms with Gasteiger partial charge in [-0.15, -0.1) is 0 Å². The molecule has 32 heavy (non-hydrogen) atoms. The Bertz CT molecular complexity index is 1200. The van der Waals surface area contributed by atoms with E-state index in [9.17, 15) is 9.18 Å².